The summed E-state index contributed by atoms with van der Waals surface area (Å²) in [5, 5.41) is 0. The molecule has 4 heterocycles. The van der Waals surface area contributed by atoms with Crippen molar-refractivity contribution in [3.05, 3.63) is 24.7 Å². The number of hydrogen-bond acceptors (Lipinski definition) is 8. The fourth-order valence-corrected chi connectivity index (χ4v) is 10.5. The molecule has 0 bridgehead atoms. The van der Waals surface area contributed by atoms with Gasteiger partial charge in [0.05, 0.1) is 12.5 Å². The van der Waals surface area contributed by atoms with E-state index in [0.29, 0.717) is 12.8 Å². The standard InChI is InChI=1S/2C10H14O3S2/c2*1-10(14-5-2-6-15(10)12)9-7-8(11)3-4-13-9/h2*3-4,9H,2,5-7H2,1H3/t2*9-,10+,15-/m11/s1. The monoisotopic (exact) mass is 492 g/mol. The van der Waals surface area contributed by atoms with Crippen molar-refractivity contribution in [2.75, 3.05) is 23.0 Å². The molecule has 0 aromatic carbocycles. The Morgan fingerprint density at radius 1 is 0.833 bits per heavy atom. The molecule has 0 amide bonds. The lowest BCUT2D eigenvalue weighted by molar-refractivity contribution is -0.119. The second-order valence-corrected chi connectivity index (χ2v) is 15.2. The molecule has 4 aliphatic heterocycles. The zero-order chi connectivity index (χ0) is 21.8. The average molecular weight is 493 g/mol. The molecule has 6 atom stereocenters. The van der Waals surface area contributed by atoms with Crippen molar-refractivity contribution >= 4 is 56.7 Å². The molecule has 0 spiro atoms. The molecule has 6 nitrogen and oxygen atoms in total. The summed E-state index contributed by atoms with van der Waals surface area (Å²) in [6.45, 7) is 3.90. The van der Waals surface area contributed by atoms with Crippen molar-refractivity contribution < 1.29 is 27.5 Å². The van der Waals surface area contributed by atoms with Gasteiger partial charge in [-0.15, -0.1) is 23.5 Å². The number of thioether (sulfide) groups is 2. The summed E-state index contributed by atoms with van der Waals surface area (Å²) in [5.41, 5.74) is 0. The minimum absolute atomic E-state index is 0.0654. The highest BCUT2D eigenvalue weighted by atomic mass is 32.2. The zero-order valence-corrected chi connectivity index (χ0v) is 20.5. The predicted molar refractivity (Wildman–Crippen MR) is 124 cm³/mol. The van der Waals surface area contributed by atoms with Crippen LogP contribution >= 0.6 is 23.5 Å². The molecule has 2 saturated heterocycles. The summed E-state index contributed by atoms with van der Waals surface area (Å²) < 4.78 is 34.0. The number of rotatable bonds is 2. The molecule has 168 valence electrons. The minimum Gasteiger partial charge on any atom is -0.495 e. The van der Waals surface area contributed by atoms with Gasteiger partial charge in [-0.2, -0.15) is 0 Å². The first-order chi connectivity index (χ1) is 14.3. The molecule has 10 heteroatoms. The first-order valence-electron chi connectivity index (χ1n) is 10.0. The fraction of sp³-hybridized carbons (Fsp3) is 0.700. The maximum absolute atomic E-state index is 12.0. The third-order valence-corrected chi connectivity index (χ3v) is 13.7. The van der Waals surface area contributed by atoms with E-state index in [2.05, 4.69) is 0 Å². The topological polar surface area (TPSA) is 86.7 Å². The van der Waals surface area contributed by atoms with Crippen LogP contribution in [-0.4, -0.2) is 63.4 Å². The Bertz CT molecular complexity index is 717. The average Bonchev–Trinajstić information content (AvgIpc) is 2.73. The highest BCUT2D eigenvalue weighted by Crippen LogP contribution is 2.41. The molecule has 0 radical (unpaired) electrons. The van der Waals surface area contributed by atoms with Gasteiger partial charge in [0.1, 0.15) is 20.4 Å². The Kier molecular flexibility index (Phi) is 8.31. The first-order valence-corrected chi connectivity index (χ1v) is 14.6. The number of carbonyl (C=O) groups is 2. The van der Waals surface area contributed by atoms with Crippen LogP contribution in [0, 0.1) is 0 Å². The van der Waals surface area contributed by atoms with Gasteiger partial charge in [-0.1, -0.05) is 0 Å². The molecule has 4 rings (SSSR count). The van der Waals surface area contributed by atoms with Gasteiger partial charge in [0, 0.05) is 58.1 Å². The number of carbonyl (C=O) groups excluding carboxylic acids is 2. The number of ketones is 2. The third kappa shape index (κ3) is 5.42. The van der Waals surface area contributed by atoms with Gasteiger partial charge in [-0.25, -0.2) is 0 Å². The van der Waals surface area contributed by atoms with E-state index in [1.54, 1.807) is 23.5 Å². The maximum atomic E-state index is 12.0. The normalized spacial score (nSPS) is 41.3. The molecular formula is C20H28O6S4. The van der Waals surface area contributed by atoms with Gasteiger partial charge >= 0.3 is 0 Å². The van der Waals surface area contributed by atoms with Crippen molar-refractivity contribution in [3.63, 3.8) is 0 Å². The van der Waals surface area contributed by atoms with E-state index in [1.807, 2.05) is 13.8 Å². The molecule has 0 aromatic rings. The Balaban J connectivity index is 0.000000171. The summed E-state index contributed by atoms with van der Waals surface area (Å²) >= 11 is 3.34. The molecule has 2 fully saturated rings. The second-order valence-electron chi connectivity index (χ2n) is 7.73. The van der Waals surface area contributed by atoms with Gasteiger partial charge < -0.3 is 9.47 Å². The van der Waals surface area contributed by atoms with Crippen molar-refractivity contribution in [2.45, 2.75) is 59.9 Å². The Morgan fingerprint density at radius 2 is 1.23 bits per heavy atom. The fourth-order valence-electron chi connectivity index (χ4n) is 3.58. The predicted octanol–water partition coefficient (Wildman–Crippen LogP) is 2.92. The quantitative estimate of drug-likeness (QED) is 0.582. The van der Waals surface area contributed by atoms with Gasteiger partial charge in [-0.3, -0.25) is 18.0 Å². The molecule has 0 aromatic heterocycles. The van der Waals surface area contributed by atoms with E-state index >= 15 is 0 Å². The maximum Gasteiger partial charge on any atom is 0.162 e. The van der Waals surface area contributed by atoms with Gasteiger partial charge in [-0.05, 0) is 38.2 Å². The number of ether oxygens (including phenoxy) is 2. The van der Waals surface area contributed by atoms with E-state index in [0.717, 1.165) is 35.9 Å². The lowest BCUT2D eigenvalue weighted by Crippen LogP contribution is -2.46. The van der Waals surface area contributed by atoms with Crippen LogP contribution in [0.25, 0.3) is 0 Å². The van der Waals surface area contributed by atoms with Crippen molar-refractivity contribution in [1.29, 1.82) is 0 Å². The van der Waals surface area contributed by atoms with Crippen LogP contribution in [0.3, 0.4) is 0 Å². The van der Waals surface area contributed by atoms with Gasteiger partial charge in [0.2, 0.25) is 0 Å². The summed E-state index contributed by atoms with van der Waals surface area (Å²) in [6.07, 6.45) is 7.97. The SMILES string of the molecule is C[C@]1([C@H]2CC(=O)C=CO2)SCCC[S@]1=O.C[C@]1([C@H]2CC(=O)C=CO2)SCCC[S@]1=O. The van der Waals surface area contributed by atoms with Crippen LogP contribution in [0.5, 0.6) is 0 Å². The molecule has 0 unspecified atom stereocenters. The molecule has 4 aliphatic rings. The van der Waals surface area contributed by atoms with E-state index in [-0.39, 0.29) is 23.8 Å². The summed E-state index contributed by atoms with van der Waals surface area (Å²) in [6, 6.07) is 0. The highest BCUT2D eigenvalue weighted by molar-refractivity contribution is 8.13. The van der Waals surface area contributed by atoms with E-state index in [1.165, 1.54) is 24.7 Å². The minimum atomic E-state index is -0.904. The van der Waals surface area contributed by atoms with Crippen LogP contribution in [0.2, 0.25) is 0 Å². The van der Waals surface area contributed by atoms with Crippen LogP contribution in [0.4, 0.5) is 0 Å². The lowest BCUT2D eigenvalue weighted by Gasteiger charge is -2.38. The van der Waals surface area contributed by atoms with Gasteiger partial charge in [0.25, 0.3) is 0 Å². The molecule has 0 aliphatic carbocycles. The van der Waals surface area contributed by atoms with Crippen molar-refractivity contribution in [2.24, 2.45) is 0 Å². The van der Waals surface area contributed by atoms with Crippen LogP contribution < -0.4 is 0 Å². The second kappa shape index (κ2) is 10.4. The summed E-state index contributed by atoms with van der Waals surface area (Å²) in [7, 11) is -1.81. The number of hydrogen-bond donors (Lipinski definition) is 0. The van der Waals surface area contributed by atoms with Crippen molar-refractivity contribution in [1.82, 2.24) is 0 Å². The smallest absolute Gasteiger partial charge is 0.162 e. The Hall–Kier alpha value is -0.580. The van der Waals surface area contributed by atoms with E-state index < -0.39 is 29.8 Å². The largest absolute Gasteiger partial charge is 0.495 e. The van der Waals surface area contributed by atoms with E-state index in [9.17, 15) is 18.0 Å². The molecular weight excluding hydrogens is 464 g/mol. The van der Waals surface area contributed by atoms with Crippen molar-refractivity contribution in [3.8, 4) is 0 Å². The highest BCUT2D eigenvalue weighted by Gasteiger charge is 2.46. The number of allylic oxidation sites excluding steroid dienone is 2. The van der Waals surface area contributed by atoms with Crippen LogP contribution in [0.15, 0.2) is 24.7 Å². The Labute approximate surface area is 191 Å². The first kappa shape index (κ1) is 24.1. The lowest BCUT2D eigenvalue weighted by atomic mass is 10.1. The van der Waals surface area contributed by atoms with Gasteiger partial charge in [0.15, 0.2) is 11.6 Å². The third-order valence-electron chi connectivity index (χ3n) is 5.57. The van der Waals surface area contributed by atoms with Crippen LogP contribution in [0.1, 0.15) is 39.5 Å². The molecule has 0 N–H and O–H groups in total. The van der Waals surface area contributed by atoms with E-state index in [4.69, 9.17) is 9.47 Å². The summed E-state index contributed by atoms with van der Waals surface area (Å²) in [5.74, 6) is 3.58. The molecule has 0 saturated carbocycles. The van der Waals surface area contributed by atoms with Crippen LogP contribution in [-0.2, 0) is 40.7 Å². The summed E-state index contributed by atoms with van der Waals surface area (Å²) in [4.78, 5) is 22.6. The Morgan fingerprint density at radius 3 is 1.57 bits per heavy atom. The zero-order valence-electron chi connectivity index (χ0n) is 17.2. The molecule has 30 heavy (non-hydrogen) atoms.